The Kier molecular flexibility index (Phi) is 4.03. The van der Waals surface area contributed by atoms with Gasteiger partial charge in [-0.15, -0.1) is 5.10 Å². The highest BCUT2D eigenvalue weighted by molar-refractivity contribution is 5.76. The number of hydrogen-bond acceptors (Lipinski definition) is 5. The van der Waals surface area contributed by atoms with E-state index in [0.717, 1.165) is 25.2 Å². The van der Waals surface area contributed by atoms with Crippen LogP contribution in [0.4, 0.5) is 5.69 Å². The van der Waals surface area contributed by atoms with E-state index >= 15 is 0 Å². The van der Waals surface area contributed by atoms with Gasteiger partial charge in [-0.25, -0.2) is 4.52 Å². The maximum absolute atomic E-state index is 9.26. The van der Waals surface area contributed by atoms with Crippen molar-refractivity contribution in [2.24, 2.45) is 0 Å². The van der Waals surface area contributed by atoms with E-state index in [4.69, 9.17) is 4.74 Å². The molecule has 1 aliphatic rings. The van der Waals surface area contributed by atoms with Crippen LogP contribution in [0.3, 0.4) is 0 Å². The largest absolute Gasteiger partial charge is 0.474 e. The highest BCUT2D eigenvalue weighted by atomic mass is 16.5. The number of nitrogens with one attached hydrogen (secondary N) is 1. The first-order chi connectivity index (χ1) is 9.88. The molecule has 0 unspecified atom stereocenters. The maximum atomic E-state index is 9.26. The van der Waals surface area contributed by atoms with Crippen LogP contribution in [0.25, 0.3) is 5.52 Å². The van der Waals surface area contributed by atoms with E-state index in [0.29, 0.717) is 18.2 Å². The van der Waals surface area contributed by atoms with E-state index in [1.54, 1.807) is 4.52 Å². The van der Waals surface area contributed by atoms with E-state index in [1.165, 1.54) is 19.3 Å². The van der Waals surface area contributed by atoms with Gasteiger partial charge in [0.15, 0.2) is 0 Å². The lowest BCUT2D eigenvalue weighted by Gasteiger charge is -2.25. The number of aromatic nitrogens is 2. The zero-order chi connectivity index (χ0) is 13.8. The van der Waals surface area contributed by atoms with E-state index in [-0.39, 0.29) is 0 Å². The Balaban J connectivity index is 1.64. The van der Waals surface area contributed by atoms with Crippen molar-refractivity contribution in [1.29, 1.82) is 0 Å². The molecule has 0 amide bonds. The Bertz CT molecular complexity index is 563. The summed E-state index contributed by atoms with van der Waals surface area (Å²) in [5.41, 5.74) is 3.50. The molecule has 1 saturated heterocycles. The van der Waals surface area contributed by atoms with Gasteiger partial charge in [-0.3, -0.25) is 15.6 Å². The lowest BCUT2D eigenvalue weighted by molar-refractivity contribution is 0.180. The molecule has 0 spiro atoms. The Labute approximate surface area is 117 Å². The van der Waals surface area contributed by atoms with Crippen molar-refractivity contribution in [2.75, 3.05) is 31.7 Å². The van der Waals surface area contributed by atoms with Crippen LogP contribution in [0.15, 0.2) is 24.4 Å². The fraction of sp³-hybridized carbons (Fsp3) is 0.500. The van der Waals surface area contributed by atoms with Crippen LogP contribution in [-0.4, -0.2) is 46.0 Å². The normalized spacial score (nSPS) is 16.4. The molecule has 0 atom stereocenters. The van der Waals surface area contributed by atoms with Crippen LogP contribution in [0.1, 0.15) is 19.3 Å². The van der Waals surface area contributed by atoms with Crippen molar-refractivity contribution in [2.45, 2.75) is 19.3 Å². The van der Waals surface area contributed by atoms with Crippen molar-refractivity contribution < 1.29 is 9.94 Å². The molecule has 20 heavy (non-hydrogen) atoms. The third-order valence-electron chi connectivity index (χ3n) is 3.71. The summed E-state index contributed by atoms with van der Waals surface area (Å²) in [6, 6.07) is 5.66. The molecule has 0 aliphatic carbocycles. The van der Waals surface area contributed by atoms with Crippen molar-refractivity contribution in [3.8, 4) is 5.88 Å². The molecule has 1 fully saturated rings. The molecule has 1 aliphatic heterocycles. The molecule has 0 bridgehead atoms. The van der Waals surface area contributed by atoms with Gasteiger partial charge >= 0.3 is 0 Å². The van der Waals surface area contributed by atoms with Crippen LogP contribution < -0.4 is 10.2 Å². The second kappa shape index (κ2) is 6.11. The molecule has 2 aromatic heterocycles. The minimum Gasteiger partial charge on any atom is -0.474 e. The van der Waals surface area contributed by atoms with E-state index in [2.05, 4.69) is 15.5 Å². The molecule has 3 rings (SSSR count). The number of fused-ring (bicyclic) bond motifs is 1. The topological polar surface area (TPSA) is 62.0 Å². The Morgan fingerprint density at radius 1 is 1.25 bits per heavy atom. The monoisotopic (exact) mass is 276 g/mol. The summed E-state index contributed by atoms with van der Waals surface area (Å²) in [6.45, 7) is 3.79. The predicted octanol–water partition coefficient (Wildman–Crippen LogP) is 2.00. The van der Waals surface area contributed by atoms with Gasteiger partial charge in [-0.2, -0.15) is 0 Å². The molecular formula is C14H20N4O2. The molecule has 0 radical (unpaired) electrons. The van der Waals surface area contributed by atoms with Crippen LogP contribution in [0.2, 0.25) is 0 Å². The molecule has 108 valence electrons. The van der Waals surface area contributed by atoms with Gasteiger partial charge in [0.25, 0.3) is 5.88 Å². The first-order valence-corrected chi connectivity index (χ1v) is 7.11. The Morgan fingerprint density at radius 3 is 2.90 bits per heavy atom. The highest BCUT2D eigenvalue weighted by Gasteiger charge is 2.14. The summed E-state index contributed by atoms with van der Waals surface area (Å²) < 4.78 is 7.41. The van der Waals surface area contributed by atoms with Gasteiger partial charge in [-0.05, 0) is 38.1 Å². The number of ether oxygens (including phenoxy) is 1. The van der Waals surface area contributed by atoms with Crippen LogP contribution >= 0.6 is 0 Å². The summed E-state index contributed by atoms with van der Waals surface area (Å²) in [4.78, 5) is 2.41. The fourth-order valence-corrected chi connectivity index (χ4v) is 2.64. The minimum absolute atomic E-state index is 0.440. The molecule has 2 aromatic rings. The number of piperidine rings is 1. The summed E-state index contributed by atoms with van der Waals surface area (Å²) in [5, 5.41) is 13.6. The average Bonchev–Trinajstić information content (AvgIpc) is 2.86. The molecular weight excluding hydrogens is 256 g/mol. The number of nitrogens with zero attached hydrogens (tertiary/aromatic N) is 3. The van der Waals surface area contributed by atoms with Crippen molar-refractivity contribution in [1.82, 2.24) is 14.5 Å². The lowest BCUT2D eigenvalue weighted by atomic mass is 10.1. The molecule has 0 saturated carbocycles. The van der Waals surface area contributed by atoms with Crippen LogP contribution in [0, 0.1) is 0 Å². The maximum Gasteiger partial charge on any atom is 0.259 e. The van der Waals surface area contributed by atoms with Crippen LogP contribution in [-0.2, 0) is 0 Å². The van der Waals surface area contributed by atoms with Gasteiger partial charge in [0, 0.05) is 12.7 Å². The first-order valence-electron chi connectivity index (χ1n) is 7.11. The van der Waals surface area contributed by atoms with Gasteiger partial charge in [0.2, 0.25) is 0 Å². The number of rotatable bonds is 5. The average molecular weight is 276 g/mol. The zero-order valence-electron chi connectivity index (χ0n) is 11.5. The number of likely N-dealkylation sites (tertiary alicyclic amines) is 1. The van der Waals surface area contributed by atoms with Gasteiger partial charge in [0.05, 0.1) is 5.52 Å². The van der Waals surface area contributed by atoms with E-state index in [1.807, 2.05) is 24.4 Å². The summed E-state index contributed by atoms with van der Waals surface area (Å²) in [6.07, 6.45) is 5.71. The van der Waals surface area contributed by atoms with Gasteiger partial charge in [-0.1, -0.05) is 12.5 Å². The van der Waals surface area contributed by atoms with Crippen molar-refractivity contribution in [3.63, 3.8) is 0 Å². The predicted molar refractivity (Wildman–Crippen MR) is 76.4 cm³/mol. The molecule has 2 N–H and O–H groups in total. The Morgan fingerprint density at radius 2 is 2.10 bits per heavy atom. The molecule has 0 aromatic carbocycles. The third kappa shape index (κ3) is 2.71. The molecule has 6 nitrogen and oxygen atoms in total. The van der Waals surface area contributed by atoms with Gasteiger partial charge in [0.1, 0.15) is 12.3 Å². The van der Waals surface area contributed by atoms with Crippen molar-refractivity contribution in [3.05, 3.63) is 24.4 Å². The number of pyridine rings is 1. The van der Waals surface area contributed by atoms with Crippen molar-refractivity contribution >= 4 is 11.2 Å². The third-order valence-corrected chi connectivity index (χ3v) is 3.71. The summed E-state index contributed by atoms with van der Waals surface area (Å²) in [5.74, 6) is 0.440. The second-order valence-corrected chi connectivity index (χ2v) is 5.07. The highest BCUT2D eigenvalue weighted by Crippen LogP contribution is 2.27. The first kappa shape index (κ1) is 13.2. The fourth-order valence-electron chi connectivity index (χ4n) is 2.64. The second-order valence-electron chi connectivity index (χ2n) is 5.07. The SMILES string of the molecule is ONc1c(OCCN2CCCCC2)nn2ccccc12. The molecule has 3 heterocycles. The van der Waals surface area contributed by atoms with Gasteiger partial charge < -0.3 is 4.74 Å². The van der Waals surface area contributed by atoms with Crippen LogP contribution in [0.5, 0.6) is 5.88 Å². The Hall–Kier alpha value is -1.79. The smallest absolute Gasteiger partial charge is 0.259 e. The summed E-state index contributed by atoms with van der Waals surface area (Å²) >= 11 is 0. The summed E-state index contributed by atoms with van der Waals surface area (Å²) in [7, 11) is 0. The lowest BCUT2D eigenvalue weighted by Crippen LogP contribution is -2.33. The number of hydrogen-bond donors (Lipinski definition) is 2. The quantitative estimate of drug-likeness (QED) is 0.818. The standard InChI is InChI=1S/C14H20N4O2/c19-16-13-12-6-2-5-9-18(12)15-14(13)20-11-10-17-7-3-1-4-8-17/h2,5-6,9,16,19H,1,3-4,7-8,10-11H2. The minimum atomic E-state index is 0.440. The van der Waals surface area contributed by atoms with E-state index < -0.39 is 0 Å². The zero-order valence-corrected chi connectivity index (χ0v) is 11.5. The van der Waals surface area contributed by atoms with E-state index in [9.17, 15) is 5.21 Å². The molecule has 6 heteroatoms. The number of anilines is 1.